The lowest BCUT2D eigenvalue weighted by atomic mass is 10.0. The molecule has 1 atom stereocenters. The Morgan fingerprint density at radius 1 is 1.10 bits per heavy atom. The summed E-state index contributed by atoms with van der Waals surface area (Å²) < 4.78 is 5.62. The predicted molar refractivity (Wildman–Crippen MR) is 86.3 cm³/mol. The van der Waals surface area contributed by atoms with Crippen LogP contribution in [0.4, 0.5) is 0 Å². The maximum absolute atomic E-state index is 6.53. The Kier molecular flexibility index (Phi) is 5.36. The fourth-order valence-corrected chi connectivity index (χ4v) is 2.53. The highest BCUT2D eigenvalue weighted by Crippen LogP contribution is 2.42. The van der Waals surface area contributed by atoms with Gasteiger partial charge in [0.05, 0.1) is 10.4 Å². The number of rotatable bonds is 5. The summed E-state index contributed by atoms with van der Waals surface area (Å²) in [4.78, 5) is 0. The first-order valence-corrected chi connectivity index (χ1v) is 7.25. The van der Waals surface area contributed by atoms with Crippen LogP contribution in [0.2, 0.25) is 10.0 Å². The maximum Gasteiger partial charge on any atom is 0.144 e. The molecule has 2 aromatic rings. The molecule has 0 heterocycles. The Balaban J connectivity index is 2.45. The number of ether oxygens (including phenoxy) is 1. The van der Waals surface area contributed by atoms with Crippen LogP contribution in [0.5, 0.6) is 5.75 Å². The standard InChI is InChI=1S/C16H13Cl3O/c1-2-10-20-16-12(8-9-13(17)15(16)19)14(18)11-6-4-3-5-7-11/h2-9,14H,1,10H2/t14-/m0/s1. The minimum absolute atomic E-state index is 0.339. The van der Waals surface area contributed by atoms with Gasteiger partial charge < -0.3 is 4.74 Å². The van der Waals surface area contributed by atoms with Crippen LogP contribution in [0.1, 0.15) is 16.5 Å². The normalized spacial score (nSPS) is 11.9. The topological polar surface area (TPSA) is 9.23 Å². The zero-order valence-corrected chi connectivity index (χ0v) is 12.9. The Labute approximate surface area is 133 Å². The smallest absolute Gasteiger partial charge is 0.144 e. The van der Waals surface area contributed by atoms with Gasteiger partial charge in [0.2, 0.25) is 0 Å². The molecule has 0 aliphatic carbocycles. The fraction of sp³-hybridized carbons (Fsp3) is 0.125. The number of halogens is 3. The van der Waals surface area contributed by atoms with E-state index in [4.69, 9.17) is 39.5 Å². The molecule has 0 amide bonds. The summed E-state index contributed by atoms with van der Waals surface area (Å²) in [5.74, 6) is 0.503. The van der Waals surface area contributed by atoms with Crippen molar-refractivity contribution in [3.05, 3.63) is 76.3 Å². The van der Waals surface area contributed by atoms with Gasteiger partial charge in [0, 0.05) is 5.56 Å². The second-order valence-electron chi connectivity index (χ2n) is 4.15. The average molecular weight is 328 g/mol. The molecule has 20 heavy (non-hydrogen) atoms. The van der Waals surface area contributed by atoms with Crippen LogP contribution >= 0.6 is 34.8 Å². The first kappa shape index (κ1) is 15.2. The molecule has 0 spiro atoms. The zero-order chi connectivity index (χ0) is 14.5. The third-order valence-corrected chi connectivity index (χ3v) is 4.07. The molecule has 0 saturated carbocycles. The molecule has 0 N–H and O–H groups in total. The summed E-state index contributed by atoms with van der Waals surface area (Å²) in [6.45, 7) is 3.97. The second-order valence-corrected chi connectivity index (χ2v) is 5.37. The molecule has 0 bridgehead atoms. The van der Waals surface area contributed by atoms with Crippen LogP contribution in [-0.2, 0) is 0 Å². The molecule has 0 fully saturated rings. The lowest BCUT2D eigenvalue weighted by Gasteiger charge is -2.17. The summed E-state index contributed by atoms with van der Waals surface area (Å²) >= 11 is 18.8. The third-order valence-electron chi connectivity index (χ3n) is 2.79. The van der Waals surface area contributed by atoms with Crippen molar-refractivity contribution in [2.24, 2.45) is 0 Å². The van der Waals surface area contributed by atoms with Crippen molar-refractivity contribution in [2.75, 3.05) is 6.61 Å². The lowest BCUT2D eigenvalue weighted by molar-refractivity contribution is 0.359. The molecule has 0 unspecified atom stereocenters. The SMILES string of the molecule is C=CCOc1c([C@@H](Cl)c2ccccc2)ccc(Cl)c1Cl. The quantitative estimate of drug-likeness (QED) is 0.491. The minimum Gasteiger partial charge on any atom is -0.488 e. The summed E-state index contributed by atoms with van der Waals surface area (Å²) in [7, 11) is 0. The van der Waals surface area contributed by atoms with Crippen LogP contribution in [0.3, 0.4) is 0 Å². The maximum atomic E-state index is 6.53. The van der Waals surface area contributed by atoms with Crippen molar-refractivity contribution in [1.82, 2.24) is 0 Å². The highest BCUT2D eigenvalue weighted by atomic mass is 35.5. The molecule has 4 heteroatoms. The molecule has 0 radical (unpaired) electrons. The van der Waals surface area contributed by atoms with Gasteiger partial charge in [-0.15, -0.1) is 11.6 Å². The van der Waals surface area contributed by atoms with E-state index in [-0.39, 0.29) is 5.38 Å². The van der Waals surface area contributed by atoms with Crippen molar-refractivity contribution in [2.45, 2.75) is 5.38 Å². The number of hydrogen-bond donors (Lipinski definition) is 0. The minimum atomic E-state index is -0.356. The summed E-state index contributed by atoms with van der Waals surface area (Å²) in [6, 6.07) is 13.3. The predicted octanol–water partition coefficient (Wildman–Crippen LogP) is 5.89. The Bertz CT molecular complexity index is 596. The molecular formula is C16H13Cl3O. The van der Waals surface area contributed by atoms with Crippen LogP contribution in [0.15, 0.2) is 55.1 Å². The van der Waals surface area contributed by atoms with E-state index < -0.39 is 0 Å². The Morgan fingerprint density at radius 3 is 2.45 bits per heavy atom. The highest BCUT2D eigenvalue weighted by Gasteiger charge is 2.19. The summed E-state index contributed by atoms with van der Waals surface area (Å²) in [5, 5.41) is 0.449. The largest absolute Gasteiger partial charge is 0.488 e. The molecule has 104 valence electrons. The van der Waals surface area contributed by atoms with Crippen LogP contribution in [0.25, 0.3) is 0 Å². The first-order valence-electron chi connectivity index (χ1n) is 6.05. The van der Waals surface area contributed by atoms with Gasteiger partial charge in [-0.05, 0) is 11.6 Å². The van der Waals surface area contributed by atoms with E-state index in [0.717, 1.165) is 11.1 Å². The summed E-state index contributed by atoms with van der Waals surface area (Å²) in [6.07, 6.45) is 1.65. The molecule has 0 aliphatic rings. The van der Waals surface area contributed by atoms with Gasteiger partial charge in [-0.3, -0.25) is 0 Å². The van der Waals surface area contributed by atoms with Crippen LogP contribution in [-0.4, -0.2) is 6.61 Å². The molecule has 1 nitrogen and oxygen atoms in total. The van der Waals surface area contributed by atoms with Gasteiger partial charge in [-0.2, -0.15) is 0 Å². The van der Waals surface area contributed by atoms with E-state index in [1.807, 2.05) is 36.4 Å². The van der Waals surface area contributed by atoms with Gasteiger partial charge in [0.25, 0.3) is 0 Å². The van der Waals surface area contributed by atoms with Gasteiger partial charge in [-0.25, -0.2) is 0 Å². The van der Waals surface area contributed by atoms with Gasteiger partial charge in [-0.1, -0.05) is 72.3 Å². The number of benzene rings is 2. The van der Waals surface area contributed by atoms with Gasteiger partial charge >= 0.3 is 0 Å². The van der Waals surface area contributed by atoms with E-state index in [9.17, 15) is 0 Å². The zero-order valence-electron chi connectivity index (χ0n) is 10.7. The molecule has 2 aromatic carbocycles. The van der Waals surface area contributed by atoms with Gasteiger partial charge in [0.1, 0.15) is 17.4 Å². The van der Waals surface area contributed by atoms with E-state index >= 15 is 0 Å². The average Bonchev–Trinajstić information content (AvgIpc) is 2.49. The number of alkyl halides is 1. The molecule has 0 aliphatic heterocycles. The monoisotopic (exact) mass is 326 g/mol. The van der Waals surface area contributed by atoms with Crippen molar-refractivity contribution < 1.29 is 4.74 Å². The highest BCUT2D eigenvalue weighted by molar-refractivity contribution is 6.43. The fourth-order valence-electron chi connectivity index (χ4n) is 1.84. The van der Waals surface area contributed by atoms with Crippen molar-refractivity contribution in [1.29, 1.82) is 0 Å². The molecule has 0 saturated heterocycles. The second kappa shape index (κ2) is 7.03. The number of hydrogen-bond acceptors (Lipinski definition) is 1. The first-order chi connectivity index (χ1) is 9.65. The van der Waals surface area contributed by atoms with Crippen molar-refractivity contribution >= 4 is 34.8 Å². The van der Waals surface area contributed by atoms with E-state index in [0.29, 0.717) is 22.4 Å². The Morgan fingerprint density at radius 2 is 1.80 bits per heavy atom. The van der Waals surface area contributed by atoms with Gasteiger partial charge in [0.15, 0.2) is 0 Å². The molecular weight excluding hydrogens is 315 g/mol. The lowest BCUT2D eigenvalue weighted by Crippen LogP contribution is -2.01. The van der Waals surface area contributed by atoms with Crippen molar-refractivity contribution in [3.8, 4) is 5.75 Å². The van der Waals surface area contributed by atoms with E-state index in [1.54, 1.807) is 12.1 Å². The summed E-state index contributed by atoms with van der Waals surface area (Å²) in [5.41, 5.74) is 1.75. The molecule has 0 aromatic heterocycles. The third kappa shape index (κ3) is 3.29. The van der Waals surface area contributed by atoms with E-state index in [1.165, 1.54) is 0 Å². The Hall–Kier alpha value is -1.15. The van der Waals surface area contributed by atoms with E-state index in [2.05, 4.69) is 6.58 Å². The van der Waals surface area contributed by atoms with Crippen LogP contribution < -0.4 is 4.74 Å². The molecule has 2 rings (SSSR count). The van der Waals surface area contributed by atoms with Crippen molar-refractivity contribution in [3.63, 3.8) is 0 Å². The van der Waals surface area contributed by atoms with Crippen LogP contribution in [0, 0.1) is 0 Å².